The largest absolute Gasteiger partial charge is 0.369 e. The van der Waals surface area contributed by atoms with E-state index in [9.17, 15) is 0 Å². The lowest BCUT2D eigenvalue weighted by Gasteiger charge is -2.32. The zero-order valence-electron chi connectivity index (χ0n) is 14.2. The van der Waals surface area contributed by atoms with Gasteiger partial charge in [-0.15, -0.1) is 11.8 Å². The molecule has 0 saturated carbocycles. The van der Waals surface area contributed by atoms with Crippen LogP contribution in [0.4, 0.5) is 0 Å². The molecule has 0 amide bonds. The van der Waals surface area contributed by atoms with Crippen LogP contribution >= 0.6 is 11.8 Å². The van der Waals surface area contributed by atoms with Gasteiger partial charge in [0.25, 0.3) is 0 Å². The second-order valence-electron chi connectivity index (χ2n) is 7.25. The van der Waals surface area contributed by atoms with Gasteiger partial charge < -0.3 is 10.1 Å². The highest BCUT2D eigenvalue weighted by atomic mass is 32.2. The summed E-state index contributed by atoms with van der Waals surface area (Å²) in [5, 5.41) is 3.53. The van der Waals surface area contributed by atoms with E-state index in [1.807, 2.05) is 11.8 Å². The second-order valence-corrected chi connectivity index (χ2v) is 8.31. The molecular formula is C18H29NOS. The number of thioether (sulfide) groups is 1. The van der Waals surface area contributed by atoms with E-state index in [4.69, 9.17) is 4.74 Å². The first-order valence-electron chi connectivity index (χ1n) is 7.81. The first kappa shape index (κ1) is 16.9. The fraction of sp³-hybridized carbons (Fsp3) is 0.667. The van der Waals surface area contributed by atoms with Gasteiger partial charge in [0, 0.05) is 22.6 Å². The molecule has 118 valence electrons. The molecular weight excluding hydrogens is 278 g/mol. The Morgan fingerprint density at radius 2 is 1.95 bits per heavy atom. The summed E-state index contributed by atoms with van der Waals surface area (Å²) in [5.41, 5.74) is 1.28. The molecule has 1 fully saturated rings. The van der Waals surface area contributed by atoms with E-state index in [0.717, 1.165) is 12.2 Å². The monoisotopic (exact) mass is 307 g/mol. The lowest BCUT2D eigenvalue weighted by atomic mass is 9.82. The summed E-state index contributed by atoms with van der Waals surface area (Å²) in [6, 6.07) is 9.09. The van der Waals surface area contributed by atoms with Crippen LogP contribution in [0.3, 0.4) is 0 Å². The summed E-state index contributed by atoms with van der Waals surface area (Å²) in [6.07, 6.45) is 1.11. The Morgan fingerprint density at radius 1 is 1.29 bits per heavy atom. The minimum atomic E-state index is -0.0660. The van der Waals surface area contributed by atoms with Crippen molar-refractivity contribution in [3.05, 3.63) is 29.8 Å². The van der Waals surface area contributed by atoms with Crippen LogP contribution in [0.15, 0.2) is 29.2 Å². The van der Waals surface area contributed by atoms with E-state index >= 15 is 0 Å². The van der Waals surface area contributed by atoms with Gasteiger partial charge in [-0.1, -0.05) is 18.2 Å². The van der Waals surface area contributed by atoms with Gasteiger partial charge in [-0.05, 0) is 59.7 Å². The standard InChI is InChI=1S/C18H29NOS/c1-13-9-7-8-10-16(13)21-12-15(19-6)14-11-17(2,3)20-18(14,4)5/h7-10,14-15,19H,11-12H2,1-6H3. The molecule has 21 heavy (non-hydrogen) atoms. The zero-order chi connectivity index (χ0) is 15.7. The number of aryl methyl sites for hydroxylation is 1. The Kier molecular flexibility index (Phi) is 5.07. The smallest absolute Gasteiger partial charge is 0.0678 e. The summed E-state index contributed by atoms with van der Waals surface area (Å²) >= 11 is 1.95. The van der Waals surface area contributed by atoms with Crippen LogP contribution in [-0.2, 0) is 4.74 Å². The van der Waals surface area contributed by atoms with E-state index in [1.165, 1.54) is 10.5 Å². The Labute approximate surface area is 134 Å². The predicted molar refractivity (Wildman–Crippen MR) is 92.1 cm³/mol. The number of rotatable bonds is 5. The topological polar surface area (TPSA) is 21.3 Å². The van der Waals surface area contributed by atoms with Gasteiger partial charge in [0.05, 0.1) is 11.2 Å². The van der Waals surface area contributed by atoms with E-state index in [1.54, 1.807) is 0 Å². The maximum atomic E-state index is 6.26. The predicted octanol–water partition coefficient (Wildman–Crippen LogP) is 4.27. The van der Waals surface area contributed by atoms with E-state index in [-0.39, 0.29) is 11.2 Å². The van der Waals surface area contributed by atoms with Crippen LogP contribution in [0.25, 0.3) is 0 Å². The Bertz CT molecular complexity index is 484. The number of hydrogen-bond donors (Lipinski definition) is 1. The van der Waals surface area contributed by atoms with Crippen LogP contribution < -0.4 is 5.32 Å². The number of hydrogen-bond acceptors (Lipinski definition) is 3. The van der Waals surface area contributed by atoms with Crippen molar-refractivity contribution in [3.63, 3.8) is 0 Å². The third-order valence-electron chi connectivity index (χ3n) is 4.51. The van der Waals surface area contributed by atoms with Crippen molar-refractivity contribution in [3.8, 4) is 0 Å². The van der Waals surface area contributed by atoms with Crippen LogP contribution in [0.1, 0.15) is 39.7 Å². The molecule has 1 aliphatic heterocycles. The summed E-state index contributed by atoms with van der Waals surface area (Å²) in [7, 11) is 2.07. The van der Waals surface area contributed by atoms with Crippen molar-refractivity contribution >= 4 is 11.8 Å². The summed E-state index contributed by atoms with van der Waals surface area (Å²) in [5.74, 6) is 1.61. The molecule has 2 atom stereocenters. The highest BCUT2D eigenvalue weighted by Gasteiger charge is 2.48. The van der Waals surface area contributed by atoms with Crippen molar-refractivity contribution in [2.75, 3.05) is 12.8 Å². The molecule has 1 aliphatic rings. The fourth-order valence-corrected chi connectivity index (χ4v) is 4.76. The first-order chi connectivity index (χ1) is 9.75. The minimum Gasteiger partial charge on any atom is -0.369 e. The molecule has 1 N–H and O–H groups in total. The molecule has 2 rings (SSSR count). The van der Waals surface area contributed by atoms with Crippen molar-refractivity contribution in [1.29, 1.82) is 0 Å². The Hall–Kier alpha value is -0.510. The van der Waals surface area contributed by atoms with Gasteiger partial charge in [-0.2, -0.15) is 0 Å². The summed E-state index contributed by atoms with van der Waals surface area (Å²) < 4.78 is 6.26. The lowest BCUT2D eigenvalue weighted by Crippen LogP contribution is -2.44. The highest BCUT2D eigenvalue weighted by Crippen LogP contribution is 2.44. The van der Waals surface area contributed by atoms with E-state index in [2.05, 4.69) is 71.2 Å². The molecule has 1 aromatic carbocycles. The third kappa shape index (κ3) is 4.02. The van der Waals surface area contributed by atoms with Crippen molar-refractivity contribution < 1.29 is 4.74 Å². The maximum Gasteiger partial charge on any atom is 0.0678 e. The van der Waals surface area contributed by atoms with Crippen LogP contribution in [-0.4, -0.2) is 30.0 Å². The van der Waals surface area contributed by atoms with Gasteiger partial charge in [-0.25, -0.2) is 0 Å². The van der Waals surface area contributed by atoms with Crippen LogP contribution in [0.2, 0.25) is 0 Å². The molecule has 0 spiro atoms. The molecule has 2 unspecified atom stereocenters. The average Bonchev–Trinajstić information content (AvgIpc) is 2.60. The van der Waals surface area contributed by atoms with Crippen LogP contribution in [0, 0.1) is 12.8 Å². The normalized spacial score (nSPS) is 25.0. The molecule has 2 nitrogen and oxygen atoms in total. The Balaban J connectivity index is 2.05. The van der Waals surface area contributed by atoms with Crippen molar-refractivity contribution in [2.24, 2.45) is 5.92 Å². The molecule has 0 aromatic heterocycles. The fourth-order valence-electron chi connectivity index (χ4n) is 3.53. The van der Waals surface area contributed by atoms with E-state index < -0.39 is 0 Å². The van der Waals surface area contributed by atoms with Gasteiger partial charge in [0.1, 0.15) is 0 Å². The number of nitrogens with one attached hydrogen (secondary N) is 1. The molecule has 1 saturated heterocycles. The van der Waals surface area contributed by atoms with Gasteiger partial charge in [-0.3, -0.25) is 0 Å². The van der Waals surface area contributed by atoms with Gasteiger partial charge in [0.15, 0.2) is 0 Å². The number of ether oxygens (including phenoxy) is 1. The van der Waals surface area contributed by atoms with E-state index in [0.29, 0.717) is 12.0 Å². The molecule has 1 heterocycles. The lowest BCUT2D eigenvalue weighted by molar-refractivity contribution is -0.0767. The zero-order valence-corrected chi connectivity index (χ0v) is 15.0. The number of benzene rings is 1. The van der Waals surface area contributed by atoms with Crippen LogP contribution in [0.5, 0.6) is 0 Å². The van der Waals surface area contributed by atoms with Crippen molar-refractivity contribution in [1.82, 2.24) is 5.32 Å². The average molecular weight is 308 g/mol. The van der Waals surface area contributed by atoms with Gasteiger partial charge in [0.2, 0.25) is 0 Å². The second kappa shape index (κ2) is 6.31. The quantitative estimate of drug-likeness (QED) is 0.821. The molecule has 0 bridgehead atoms. The molecule has 0 radical (unpaired) electrons. The van der Waals surface area contributed by atoms with Crippen molar-refractivity contribution in [2.45, 2.75) is 63.2 Å². The minimum absolute atomic E-state index is 0.0173. The summed E-state index contributed by atoms with van der Waals surface area (Å²) in [4.78, 5) is 1.38. The molecule has 3 heteroatoms. The third-order valence-corrected chi connectivity index (χ3v) is 5.81. The Morgan fingerprint density at radius 3 is 2.48 bits per heavy atom. The molecule has 1 aromatic rings. The SMILES string of the molecule is CNC(CSc1ccccc1C)C1CC(C)(C)OC1(C)C. The first-order valence-corrected chi connectivity index (χ1v) is 8.79. The maximum absolute atomic E-state index is 6.26. The highest BCUT2D eigenvalue weighted by molar-refractivity contribution is 7.99. The molecule has 0 aliphatic carbocycles. The van der Waals surface area contributed by atoms with Gasteiger partial charge >= 0.3 is 0 Å². The summed E-state index contributed by atoms with van der Waals surface area (Å²) in [6.45, 7) is 11.1.